The lowest BCUT2D eigenvalue weighted by Crippen LogP contribution is -2.23. The van der Waals surface area contributed by atoms with Crippen LogP contribution in [0.2, 0.25) is 0 Å². The molecule has 2 rings (SSSR count). The van der Waals surface area contributed by atoms with E-state index in [1.165, 1.54) is 0 Å². The lowest BCUT2D eigenvalue weighted by Gasteiger charge is -2.14. The molecule has 1 N–H and O–H groups in total. The smallest absolute Gasteiger partial charge is 0.251 e. The molecule has 2 aromatic rings. The fraction of sp³-hybridized carbons (Fsp3) is 0.250. The first kappa shape index (κ1) is 18.4. The molecule has 0 radical (unpaired) electrons. The summed E-state index contributed by atoms with van der Waals surface area (Å²) in [7, 11) is 4.74. The number of methoxy groups -OCH3 is 3. The Bertz CT molecular complexity index is 755. The topological polar surface area (TPSA) is 56.8 Å². The second-order valence-electron chi connectivity index (χ2n) is 5.40. The Labute approximate surface area is 148 Å². The van der Waals surface area contributed by atoms with Crippen molar-refractivity contribution in [2.24, 2.45) is 0 Å². The molecule has 0 unspecified atom stereocenters. The summed E-state index contributed by atoms with van der Waals surface area (Å²) in [5, 5.41) is 2.91. The minimum Gasteiger partial charge on any atom is -0.497 e. The maximum atomic E-state index is 12.5. The van der Waals surface area contributed by atoms with Gasteiger partial charge >= 0.3 is 0 Å². The van der Waals surface area contributed by atoms with Crippen molar-refractivity contribution in [2.75, 3.05) is 21.3 Å². The normalized spacial score (nSPS) is 10.0. The summed E-state index contributed by atoms with van der Waals surface area (Å²) in [5.74, 6) is 1.71. The summed E-state index contributed by atoms with van der Waals surface area (Å²) < 4.78 is 15.9. The molecule has 2 aromatic carbocycles. The van der Waals surface area contributed by atoms with Crippen LogP contribution in [-0.2, 0) is 13.0 Å². The molecule has 0 saturated carbocycles. The zero-order chi connectivity index (χ0) is 18.2. The Morgan fingerprint density at radius 3 is 2.56 bits per heavy atom. The number of amides is 1. The van der Waals surface area contributed by atoms with Gasteiger partial charge in [-0.3, -0.25) is 4.79 Å². The van der Waals surface area contributed by atoms with Gasteiger partial charge in [0, 0.05) is 17.7 Å². The zero-order valence-corrected chi connectivity index (χ0v) is 14.8. The van der Waals surface area contributed by atoms with Crippen LogP contribution in [0.15, 0.2) is 49.1 Å². The first-order valence-electron chi connectivity index (χ1n) is 7.89. The van der Waals surface area contributed by atoms with E-state index in [0.717, 1.165) is 16.9 Å². The van der Waals surface area contributed by atoms with Crippen LogP contribution in [0, 0.1) is 0 Å². The Morgan fingerprint density at radius 2 is 1.92 bits per heavy atom. The van der Waals surface area contributed by atoms with Crippen LogP contribution in [0.3, 0.4) is 0 Å². The average molecular weight is 341 g/mol. The molecule has 0 saturated heterocycles. The molecule has 0 heterocycles. The summed E-state index contributed by atoms with van der Waals surface area (Å²) in [5.41, 5.74) is 2.32. The predicted octanol–water partition coefficient (Wildman–Crippen LogP) is 3.37. The van der Waals surface area contributed by atoms with E-state index in [2.05, 4.69) is 11.9 Å². The van der Waals surface area contributed by atoms with Gasteiger partial charge in [0.1, 0.15) is 5.75 Å². The third kappa shape index (κ3) is 4.53. The SMILES string of the molecule is C=CCc1cc(C(=O)NCc2cccc(OC)c2)cc(OC)c1OC. The number of hydrogen-bond donors (Lipinski definition) is 1. The molecule has 5 nitrogen and oxygen atoms in total. The standard InChI is InChI=1S/C20H23NO4/c1-5-7-15-11-16(12-18(24-3)19(15)25-4)20(22)21-13-14-8-6-9-17(10-14)23-2/h5-6,8-12H,1,7,13H2,2-4H3,(H,21,22). The van der Waals surface area contributed by atoms with Gasteiger partial charge in [-0.1, -0.05) is 18.2 Å². The van der Waals surface area contributed by atoms with Crippen molar-refractivity contribution in [2.45, 2.75) is 13.0 Å². The molecule has 1 amide bonds. The Morgan fingerprint density at radius 1 is 1.12 bits per heavy atom. The highest BCUT2D eigenvalue weighted by Crippen LogP contribution is 2.33. The van der Waals surface area contributed by atoms with Crippen LogP contribution in [0.25, 0.3) is 0 Å². The fourth-order valence-electron chi connectivity index (χ4n) is 2.55. The number of allylic oxidation sites excluding steroid dienone is 1. The average Bonchev–Trinajstić information content (AvgIpc) is 2.65. The Hall–Kier alpha value is -2.95. The quantitative estimate of drug-likeness (QED) is 0.748. The van der Waals surface area contributed by atoms with Crippen molar-refractivity contribution >= 4 is 5.91 Å². The number of carbonyl (C=O) groups excluding carboxylic acids is 1. The van der Waals surface area contributed by atoms with E-state index in [-0.39, 0.29) is 5.91 Å². The fourth-order valence-corrected chi connectivity index (χ4v) is 2.55. The summed E-state index contributed by atoms with van der Waals surface area (Å²) in [4.78, 5) is 12.5. The molecule has 132 valence electrons. The van der Waals surface area contributed by atoms with Crippen molar-refractivity contribution in [1.82, 2.24) is 5.32 Å². The van der Waals surface area contributed by atoms with Gasteiger partial charge in [-0.2, -0.15) is 0 Å². The van der Waals surface area contributed by atoms with Crippen LogP contribution in [-0.4, -0.2) is 27.2 Å². The second kappa shape index (κ2) is 8.78. The van der Waals surface area contributed by atoms with Gasteiger partial charge in [0.2, 0.25) is 0 Å². The van der Waals surface area contributed by atoms with Crippen LogP contribution in [0.5, 0.6) is 17.2 Å². The van der Waals surface area contributed by atoms with Crippen LogP contribution >= 0.6 is 0 Å². The van der Waals surface area contributed by atoms with E-state index < -0.39 is 0 Å². The van der Waals surface area contributed by atoms with Gasteiger partial charge in [-0.25, -0.2) is 0 Å². The molecule has 0 aliphatic rings. The van der Waals surface area contributed by atoms with Gasteiger partial charge < -0.3 is 19.5 Å². The third-order valence-electron chi connectivity index (χ3n) is 3.77. The lowest BCUT2D eigenvalue weighted by atomic mass is 10.0. The van der Waals surface area contributed by atoms with E-state index >= 15 is 0 Å². The molecular formula is C20H23NO4. The number of benzene rings is 2. The van der Waals surface area contributed by atoms with Gasteiger partial charge in [-0.05, 0) is 36.2 Å². The van der Waals surface area contributed by atoms with E-state index in [4.69, 9.17) is 14.2 Å². The van der Waals surface area contributed by atoms with Gasteiger partial charge in [0.25, 0.3) is 5.91 Å². The number of rotatable bonds is 8. The molecule has 0 aliphatic heterocycles. The molecule has 0 spiro atoms. The van der Waals surface area contributed by atoms with Crippen molar-refractivity contribution in [3.8, 4) is 17.2 Å². The van der Waals surface area contributed by atoms with Gasteiger partial charge in [-0.15, -0.1) is 6.58 Å². The maximum Gasteiger partial charge on any atom is 0.251 e. The Balaban J connectivity index is 2.20. The highest BCUT2D eigenvalue weighted by atomic mass is 16.5. The molecule has 0 bridgehead atoms. The first-order chi connectivity index (χ1) is 12.1. The first-order valence-corrected chi connectivity index (χ1v) is 7.89. The summed E-state index contributed by atoms with van der Waals surface area (Å²) in [6, 6.07) is 11.0. The second-order valence-corrected chi connectivity index (χ2v) is 5.40. The van der Waals surface area contributed by atoms with E-state index in [9.17, 15) is 4.79 Å². The maximum absolute atomic E-state index is 12.5. The minimum absolute atomic E-state index is 0.186. The third-order valence-corrected chi connectivity index (χ3v) is 3.77. The highest BCUT2D eigenvalue weighted by Gasteiger charge is 2.15. The van der Waals surface area contributed by atoms with E-state index in [0.29, 0.717) is 30.0 Å². The molecule has 0 aromatic heterocycles. The van der Waals surface area contributed by atoms with Crippen molar-refractivity contribution < 1.29 is 19.0 Å². The van der Waals surface area contributed by atoms with Crippen LogP contribution in [0.4, 0.5) is 0 Å². The van der Waals surface area contributed by atoms with Gasteiger partial charge in [0.15, 0.2) is 11.5 Å². The molecule has 25 heavy (non-hydrogen) atoms. The van der Waals surface area contributed by atoms with Crippen LogP contribution in [0.1, 0.15) is 21.5 Å². The predicted molar refractivity (Wildman–Crippen MR) is 97.6 cm³/mol. The van der Waals surface area contributed by atoms with E-state index in [1.807, 2.05) is 24.3 Å². The molecule has 0 fully saturated rings. The summed E-state index contributed by atoms with van der Waals surface area (Å²) >= 11 is 0. The monoisotopic (exact) mass is 341 g/mol. The zero-order valence-electron chi connectivity index (χ0n) is 14.8. The largest absolute Gasteiger partial charge is 0.497 e. The van der Waals surface area contributed by atoms with Crippen molar-refractivity contribution in [3.63, 3.8) is 0 Å². The van der Waals surface area contributed by atoms with Crippen molar-refractivity contribution in [3.05, 3.63) is 65.7 Å². The number of ether oxygens (including phenoxy) is 3. The van der Waals surface area contributed by atoms with E-state index in [1.54, 1.807) is 39.5 Å². The number of hydrogen-bond acceptors (Lipinski definition) is 4. The molecule has 0 aliphatic carbocycles. The summed E-state index contributed by atoms with van der Waals surface area (Å²) in [6.45, 7) is 4.15. The molecule has 5 heteroatoms. The minimum atomic E-state index is -0.186. The van der Waals surface area contributed by atoms with Crippen molar-refractivity contribution in [1.29, 1.82) is 0 Å². The highest BCUT2D eigenvalue weighted by molar-refractivity contribution is 5.95. The number of nitrogens with one attached hydrogen (secondary N) is 1. The summed E-state index contributed by atoms with van der Waals surface area (Å²) in [6.07, 6.45) is 2.34. The lowest BCUT2D eigenvalue weighted by molar-refractivity contribution is 0.0950. The van der Waals surface area contributed by atoms with Gasteiger partial charge in [0.05, 0.1) is 21.3 Å². The van der Waals surface area contributed by atoms with Crippen LogP contribution < -0.4 is 19.5 Å². The molecular weight excluding hydrogens is 318 g/mol. The molecule has 0 atom stereocenters. The Kier molecular flexibility index (Phi) is 6.46. The number of carbonyl (C=O) groups is 1.